The van der Waals surface area contributed by atoms with E-state index in [1.807, 2.05) is 0 Å². The van der Waals surface area contributed by atoms with Gasteiger partial charge in [-0.05, 0) is 28.1 Å². The fraction of sp³-hybridized carbons (Fsp3) is 0.182. The molecule has 4 nitrogen and oxygen atoms in total. The van der Waals surface area contributed by atoms with Crippen molar-refractivity contribution in [1.29, 1.82) is 0 Å². The molecule has 0 radical (unpaired) electrons. The van der Waals surface area contributed by atoms with E-state index in [1.54, 1.807) is 0 Å². The molecule has 2 rings (SSSR count). The Balaban J connectivity index is 2.68. The van der Waals surface area contributed by atoms with Crippen LogP contribution >= 0.6 is 15.9 Å². The standard InChI is InChI=1S/C11H8BrF3N2O2/c1-18-9-3-6(11(13,14)15)5(2-7(9)12)8-4-10(16)19-17-8/h2-4H,16H2,1H3. The number of aromatic nitrogens is 1. The van der Waals surface area contributed by atoms with E-state index in [1.165, 1.54) is 19.2 Å². The molecule has 0 unspecified atom stereocenters. The maximum Gasteiger partial charge on any atom is 0.417 e. The fourth-order valence-corrected chi connectivity index (χ4v) is 2.08. The average molecular weight is 337 g/mol. The number of nitrogen functional groups attached to an aromatic ring is 1. The van der Waals surface area contributed by atoms with Gasteiger partial charge in [0.15, 0.2) is 0 Å². The summed E-state index contributed by atoms with van der Waals surface area (Å²) in [6.07, 6.45) is -4.54. The highest BCUT2D eigenvalue weighted by atomic mass is 79.9. The maximum absolute atomic E-state index is 13.0. The highest BCUT2D eigenvalue weighted by Crippen LogP contribution is 2.42. The van der Waals surface area contributed by atoms with Crippen molar-refractivity contribution in [2.24, 2.45) is 0 Å². The van der Waals surface area contributed by atoms with Crippen LogP contribution in [0.2, 0.25) is 0 Å². The predicted octanol–water partition coefficient (Wildman–Crippen LogP) is 3.71. The van der Waals surface area contributed by atoms with Gasteiger partial charge in [-0.3, -0.25) is 0 Å². The van der Waals surface area contributed by atoms with Gasteiger partial charge in [-0.1, -0.05) is 5.16 Å². The first kappa shape index (κ1) is 13.7. The summed E-state index contributed by atoms with van der Waals surface area (Å²) >= 11 is 3.13. The molecule has 0 amide bonds. The highest BCUT2D eigenvalue weighted by Gasteiger charge is 2.35. The second kappa shape index (κ2) is 4.76. The molecular formula is C11H8BrF3N2O2. The number of anilines is 1. The Morgan fingerprint density at radius 2 is 2.00 bits per heavy atom. The summed E-state index contributed by atoms with van der Waals surface area (Å²) < 4.78 is 48.9. The number of hydrogen-bond donors (Lipinski definition) is 1. The molecule has 8 heteroatoms. The van der Waals surface area contributed by atoms with E-state index in [2.05, 4.69) is 25.6 Å². The SMILES string of the molecule is COc1cc(C(F)(F)F)c(-c2cc(N)on2)cc1Br. The highest BCUT2D eigenvalue weighted by molar-refractivity contribution is 9.10. The first-order chi connectivity index (χ1) is 8.82. The van der Waals surface area contributed by atoms with Gasteiger partial charge in [-0.25, -0.2) is 0 Å². The van der Waals surface area contributed by atoms with E-state index in [9.17, 15) is 13.2 Å². The van der Waals surface area contributed by atoms with Crippen molar-refractivity contribution >= 4 is 21.8 Å². The number of nitrogens with zero attached hydrogens (tertiary/aromatic N) is 1. The zero-order valence-corrected chi connectivity index (χ0v) is 11.2. The lowest BCUT2D eigenvalue weighted by Gasteiger charge is -2.14. The van der Waals surface area contributed by atoms with Crippen LogP contribution < -0.4 is 10.5 Å². The Bertz CT molecular complexity index is 610. The number of rotatable bonds is 2. The molecular weight excluding hydrogens is 329 g/mol. The molecule has 0 aliphatic heterocycles. The molecule has 0 aliphatic rings. The lowest BCUT2D eigenvalue weighted by atomic mass is 10.0. The van der Waals surface area contributed by atoms with Crippen LogP contribution in [0.5, 0.6) is 5.75 Å². The van der Waals surface area contributed by atoms with E-state index in [0.29, 0.717) is 4.47 Å². The van der Waals surface area contributed by atoms with Crippen molar-refractivity contribution in [3.63, 3.8) is 0 Å². The van der Waals surface area contributed by atoms with Crippen LogP contribution in [0.25, 0.3) is 11.3 Å². The molecule has 0 saturated heterocycles. The lowest BCUT2D eigenvalue weighted by Crippen LogP contribution is -2.08. The Labute approximate surface area is 114 Å². The molecule has 1 aromatic carbocycles. The average Bonchev–Trinajstić information content (AvgIpc) is 2.74. The van der Waals surface area contributed by atoms with Crippen LogP contribution in [0.3, 0.4) is 0 Å². The minimum absolute atomic E-state index is 0.00757. The van der Waals surface area contributed by atoms with Gasteiger partial charge in [0, 0.05) is 11.6 Å². The van der Waals surface area contributed by atoms with Gasteiger partial charge in [-0.2, -0.15) is 13.2 Å². The summed E-state index contributed by atoms with van der Waals surface area (Å²) in [5, 5.41) is 3.50. The molecule has 0 atom stereocenters. The minimum atomic E-state index is -4.54. The Hall–Kier alpha value is -1.70. The molecule has 0 fully saturated rings. The summed E-state index contributed by atoms with van der Waals surface area (Å²) in [4.78, 5) is 0. The van der Waals surface area contributed by atoms with Crippen molar-refractivity contribution in [3.05, 3.63) is 28.2 Å². The third-order valence-corrected chi connectivity index (χ3v) is 3.02. The molecule has 2 aromatic rings. The summed E-state index contributed by atoms with van der Waals surface area (Å²) in [6.45, 7) is 0. The third kappa shape index (κ3) is 2.67. The molecule has 0 spiro atoms. The van der Waals surface area contributed by atoms with Gasteiger partial charge in [-0.15, -0.1) is 0 Å². The second-order valence-electron chi connectivity index (χ2n) is 3.64. The van der Waals surface area contributed by atoms with Gasteiger partial charge in [0.1, 0.15) is 11.4 Å². The predicted molar refractivity (Wildman–Crippen MR) is 65.6 cm³/mol. The first-order valence-corrected chi connectivity index (χ1v) is 5.79. The molecule has 19 heavy (non-hydrogen) atoms. The van der Waals surface area contributed by atoms with Crippen LogP contribution in [0.15, 0.2) is 27.2 Å². The summed E-state index contributed by atoms with van der Waals surface area (Å²) in [5.41, 5.74) is 4.32. The van der Waals surface area contributed by atoms with Crippen LogP contribution in [-0.4, -0.2) is 12.3 Å². The van der Waals surface area contributed by atoms with Gasteiger partial charge in [0.05, 0.1) is 17.1 Å². The van der Waals surface area contributed by atoms with Gasteiger partial charge < -0.3 is 15.0 Å². The van der Waals surface area contributed by atoms with Crippen LogP contribution in [0.4, 0.5) is 19.1 Å². The number of alkyl halides is 3. The Kier molecular flexibility index (Phi) is 3.44. The van der Waals surface area contributed by atoms with Gasteiger partial charge in [0.2, 0.25) is 5.88 Å². The van der Waals surface area contributed by atoms with Crippen molar-refractivity contribution in [3.8, 4) is 17.0 Å². The first-order valence-electron chi connectivity index (χ1n) is 5.00. The summed E-state index contributed by atoms with van der Waals surface area (Å²) in [7, 11) is 1.29. The van der Waals surface area contributed by atoms with Crippen molar-refractivity contribution in [1.82, 2.24) is 5.16 Å². The number of benzene rings is 1. The number of methoxy groups -OCH3 is 1. The maximum atomic E-state index is 13.0. The largest absolute Gasteiger partial charge is 0.496 e. The summed E-state index contributed by atoms with van der Waals surface area (Å²) in [5.74, 6) is 0.0163. The second-order valence-corrected chi connectivity index (χ2v) is 4.50. The molecule has 2 N–H and O–H groups in total. The van der Waals surface area contributed by atoms with Gasteiger partial charge >= 0.3 is 6.18 Å². The monoisotopic (exact) mass is 336 g/mol. The molecule has 0 aliphatic carbocycles. The normalized spacial score (nSPS) is 11.6. The summed E-state index contributed by atoms with van der Waals surface area (Å²) in [6, 6.07) is 3.38. The smallest absolute Gasteiger partial charge is 0.417 e. The molecule has 0 saturated carbocycles. The number of nitrogens with two attached hydrogens (primary N) is 1. The van der Waals surface area contributed by atoms with E-state index in [0.717, 1.165) is 6.07 Å². The number of hydrogen-bond acceptors (Lipinski definition) is 4. The zero-order chi connectivity index (χ0) is 14.2. The van der Waals surface area contributed by atoms with E-state index in [-0.39, 0.29) is 22.9 Å². The Morgan fingerprint density at radius 3 is 2.47 bits per heavy atom. The fourth-order valence-electron chi connectivity index (χ4n) is 1.57. The molecule has 0 bridgehead atoms. The topological polar surface area (TPSA) is 61.3 Å². The zero-order valence-electron chi connectivity index (χ0n) is 9.58. The van der Waals surface area contributed by atoms with E-state index >= 15 is 0 Å². The van der Waals surface area contributed by atoms with Gasteiger partial charge in [0.25, 0.3) is 0 Å². The van der Waals surface area contributed by atoms with Crippen molar-refractivity contribution in [2.75, 3.05) is 12.8 Å². The molecule has 1 aromatic heterocycles. The lowest BCUT2D eigenvalue weighted by molar-refractivity contribution is -0.137. The van der Waals surface area contributed by atoms with E-state index in [4.69, 9.17) is 10.5 Å². The Morgan fingerprint density at radius 1 is 1.32 bits per heavy atom. The van der Waals surface area contributed by atoms with Crippen molar-refractivity contribution in [2.45, 2.75) is 6.18 Å². The minimum Gasteiger partial charge on any atom is -0.496 e. The quantitative estimate of drug-likeness (QED) is 0.907. The van der Waals surface area contributed by atoms with E-state index < -0.39 is 11.7 Å². The van der Waals surface area contributed by atoms with Crippen LogP contribution in [-0.2, 0) is 6.18 Å². The van der Waals surface area contributed by atoms with Crippen LogP contribution in [0.1, 0.15) is 5.56 Å². The van der Waals surface area contributed by atoms with Crippen molar-refractivity contribution < 1.29 is 22.4 Å². The van der Waals surface area contributed by atoms with Crippen LogP contribution in [0, 0.1) is 0 Å². The molecule has 1 heterocycles. The molecule has 102 valence electrons. The number of ether oxygens (including phenoxy) is 1. The number of halogens is 4. The third-order valence-electron chi connectivity index (χ3n) is 2.40.